The van der Waals surface area contributed by atoms with Crippen LogP contribution in [0.15, 0.2) is 83.7 Å². The molecule has 0 unspecified atom stereocenters. The van der Waals surface area contributed by atoms with Crippen LogP contribution in [0.4, 0.5) is 8.78 Å². The number of nitrogens with one attached hydrogen (secondary N) is 1. The lowest BCUT2D eigenvalue weighted by Crippen LogP contribution is -2.44. The standard InChI is InChI=1S/C30H29F2N3O/c31-23-9-5-21(6-10-23)30(22-7-11-24(32)12-8-22)17-13-25(14-18-30)34-19-15-26(16-20-34)35-28-4-2-1-3-27(28)33-29(35)36/h1-12,15,25H,13-14,16-20H2,(H,33,36). The van der Waals surface area contributed by atoms with Crippen molar-refractivity contribution in [3.8, 4) is 0 Å². The third-order valence-electron chi connectivity index (χ3n) is 8.21. The second kappa shape index (κ2) is 9.17. The van der Waals surface area contributed by atoms with Crippen molar-refractivity contribution in [1.29, 1.82) is 0 Å². The molecular formula is C30H29F2N3O. The second-order valence-electron chi connectivity index (χ2n) is 10.1. The first kappa shape index (κ1) is 22.9. The van der Waals surface area contributed by atoms with Crippen LogP contribution in [0.25, 0.3) is 16.7 Å². The van der Waals surface area contributed by atoms with E-state index in [-0.39, 0.29) is 22.7 Å². The summed E-state index contributed by atoms with van der Waals surface area (Å²) in [4.78, 5) is 18.1. The van der Waals surface area contributed by atoms with Crippen molar-refractivity contribution in [2.75, 3.05) is 13.1 Å². The minimum atomic E-state index is -0.244. The van der Waals surface area contributed by atoms with E-state index >= 15 is 0 Å². The molecule has 2 aliphatic rings. The van der Waals surface area contributed by atoms with Crippen LogP contribution in [0.1, 0.15) is 43.2 Å². The topological polar surface area (TPSA) is 41.0 Å². The lowest BCUT2D eigenvalue weighted by atomic mass is 9.64. The van der Waals surface area contributed by atoms with Crippen molar-refractivity contribution in [2.45, 2.75) is 43.6 Å². The Bertz CT molecular complexity index is 1410. The predicted octanol–water partition coefficient (Wildman–Crippen LogP) is 6.08. The number of fused-ring (bicyclic) bond motifs is 1. The summed E-state index contributed by atoms with van der Waals surface area (Å²) in [6, 6.07) is 21.9. The summed E-state index contributed by atoms with van der Waals surface area (Å²) in [6.45, 7) is 1.72. The number of H-pyrrole nitrogens is 1. The maximum atomic E-state index is 13.7. The van der Waals surface area contributed by atoms with Crippen LogP contribution in [0.2, 0.25) is 0 Å². The third-order valence-corrected chi connectivity index (χ3v) is 8.21. The largest absolute Gasteiger partial charge is 0.330 e. The van der Waals surface area contributed by atoms with Gasteiger partial charge in [0.05, 0.1) is 11.0 Å². The molecule has 6 rings (SSSR count). The first-order valence-electron chi connectivity index (χ1n) is 12.7. The SMILES string of the molecule is O=c1[nH]c2ccccc2n1C1=CCN(C2CCC(c3ccc(F)cc3)(c3ccc(F)cc3)CC2)CC1. The van der Waals surface area contributed by atoms with Crippen LogP contribution in [-0.4, -0.2) is 33.6 Å². The van der Waals surface area contributed by atoms with Gasteiger partial charge in [0, 0.05) is 36.7 Å². The number of para-hydroxylation sites is 2. The van der Waals surface area contributed by atoms with Crippen LogP contribution in [-0.2, 0) is 5.41 Å². The zero-order valence-corrected chi connectivity index (χ0v) is 20.1. The predicted molar refractivity (Wildman–Crippen MR) is 139 cm³/mol. The number of hydrogen-bond donors (Lipinski definition) is 1. The summed E-state index contributed by atoms with van der Waals surface area (Å²) in [5.41, 5.74) is 4.68. The van der Waals surface area contributed by atoms with Gasteiger partial charge in [0.25, 0.3) is 0 Å². The first-order valence-corrected chi connectivity index (χ1v) is 12.7. The Morgan fingerprint density at radius 3 is 2.03 bits per heavy atom. The molecule has 3 aromatic carbocycles. The molecule has 0 amide bonds. The number of imidazole rings is 1. The van der Waals surface area contributed by atoms with Crippen LogP contribution in [0.5, 0.6) is 0 Å². The summed E-state index contributed by atoms with van der Waals surface area (Å²) in [5.74, 6) is -0.487. The van der Waals surface area contributed by atoms with Gasteiger partial charge in [-0.05, 0) is 73.2 Å². The minimum Gasteiger partial charge on any atom is -0.305 e. The Morgan fingerprint density at radius 2 is 1.44 bits per heavy atom. The highest BCUT2D eigenvalue weighted by Gasteiger charge is 2.40. The molecule has 1 fully saturated rings. The number of hydrogen-bond acceptors (Lipinski definition) is 2. The highest BCUT2D eigenvalue weighted by molar-refractivity contribution is 5.79. The molecule has 1 saturated carbocycles. The van der Waals surface area contributed by atoms with Gasteiger partial charge < -0.3 is 4.98 Å². The van der Waals surface area contributed by atoms with E-state index in [2.05, 4.69) is 16.0 Å². The maximum Gasteiger partial charge on any atom is 0.330 e. The Kier molecular flexibility index (Phi) is 5.84. The smallest absolute Gasteiger partial charge is 0.305 e. The van der Waals surface area contributed by atoms with Crippen molar-refractivity contribution >= 4 is 16.7 Å². The van der Waals surface area contributed by atoms with Gasteiger partial charge >= 0.3 is 5.69 Å². The molecule has 184 valence electrons. The quantitative estimate of drug-likeness (QED) is 0.380. The Balaban J connectivity index is 1.22. The molecule has 2 heterocycles. The summed E-state index contributed by atoms with van der Waals surface area (Å²) in [7, 11) is 0. The summed E-state index contributed by atoms with van der Waals surface area (Å²) in [5, 5.41) is 0. The van der Waals surface area contributed by atoms with Crippen molar-refractivity contribution in [3.05, 3.63) is 112 Å². The zero-order valence-electron chi connectivity index (χ0n) is 20.1. The molecule has 0 atom stereocenters. The molecule has 1 aromatic heterocycles. The molecule has 4 aromatic rings. The maximum absolute atomic E-state index is 13.7. The third kappa shape index (κ3) is 3.99. The van der Waals surface area contributed by atoms with Crippen molar-refractivity contribution in [1.82, 2.24) is 14.5 Å². The number of halogens is 2. The van der Waals surface area contributed by atoms with Crippen LogP contribution < -0.4 is 5.69 Å². The molecule has 4 nitrogen and oxygen atoms in total. The zero-order chi connectivity index (χ0) is 24.7. The summed E-state index contributed by atoms with van der Waals surface area (Å²) >= 11 is 0. The molecular weight excluding hydrogens is 456 g/mol. The molecule has 0 bridgehead atoms. The van der Waals surface area contributed by atoms with Crippen molar-refractivity contribution < 1.29 is 8.78 Å². The molecule has 0 radical (unpaired) electrons. The fourth-order valence-electron chi connectivity index (χ4n) is 6.29. The highest BCUT2D eigenvalue weighted by atomic mass is 19.1. The molecule has 1 aliphatic heterocycles. The van der Waals surface area contributed by atoms with Gasteiger partial charge in [-0.25, -0.2) is 13.6 Å². The molecule has 0 saturated heterocycles. The van der Waals surface area contributed by atoms with E-state index < -0.39 is 0 Å². The van der Waals surface area contributed by atoms with Crippen molar-refractivity contribution in [2.24, 2.45) is 0 Å². The lowest BCUT2D eigenvalue weighted by molar-refractivity contribution is 0.145. The van der Waals surface area contributed by atoms with E-state index in [0.717, 1.165) is 73.1 Å². The van der Waals surface area contributed by atoms with Crippen LogP contribution in [0, 0.1) is 11.6 Å². The fraction of sp³-hybridized carbons (Fsp3) is 0.300. The molecule has 6 heteroatoms. The average Bonchev–Trinajstić information content (AvgIpc) is 3.25. The average molecular weight is 486 g/mol. The van der Waals surface area contributed by atoms with Gasteiger partial charge in [-0.2, -0.15) is 0 Å². The van der Waals surface area contributed by atoms with Crippen LogP contribution in [0.3, 0.4) is 0 Å². The first-order chi connectivity index (χ1) is 17.5. The van der Waals surface area contributed by atoms with Gasteiger partial charge in [-0.3, -0.25) is 9.47 Å². The van der Waals surface area contributed by atoms with E-state index in [9.17, 15) is 13.6 Å². The summed E-state index contributed by atoms with van der Waals surface area (Å²) in [6.07, 6.45) is 6.86. The van der Waals surface area contributed by atoms with Gasteiger partial charge in [0.15, 0.2) is 0 Å². The second-order valence-corrected chi connectivity index (χ2v) is 10.1. The lowest BCUT2D eigenvalue weighted by Gasteiger charge is -2.45. The van der Waals surface area contributed by atoms with Crippen molar-refractivity contribution in [3.63, 3.8) is 0 Å². The molecule has 0 spiro atoms. The van der Waals surface area contributed by atoms with E-state index in [1.165, 1.54) is 24.3 Å². The molecule has 1 N–H and O–H groups in total. The minimum absolute atomic E-state index is 0.0862. The van der Waals surface area contributed by atoms with Gasteiger partial charge in [-0.1, -0.05) is 42.5 Å². The Hall–Kier alpha value is -3.51. The van der Waals surface area contributed by atoms with E-state index in [1.807, 2.05) is 53.1 Å². The highest BCUT2D eigenvalue weighted by Crippen LogP contribution is 2.46. The number of aromatic nitrogens is 2. The van der Waals surface area contributed by atoms with Gasteiger partial charge in [0.2, 0.25) is 0 Å². The molecule has 1 aliphatic carbocycles. The number of aromatic amines is 1. The Labute approximate surface area is 208 Å². The number of benzene rings is 3. The van der Waals surface area contributed by atoms with E-state index in [1.54, 1.807) is 0 Å². The van der Waals surface area contributed by atoms with E-state index in [4.69, 9.17) is 0 Å². The van der Waals surface area contributed by atoms with Gasteiger partial charge in [-0.15, -0.1) is 0 Å². The summed E-state index contributed by atoms with van der Waals surface area (Å²) < 4.78 is 29.2. The molecule has 36 heavy (non-hydrogen) atoms. The normalized spacial score (nSPS) is 18.9. The fourth-order valence-corrected chi connectivity index (χ4v) is 6.29. The monoisotopic (exact) mass is 485 g/mol. The number of nitrogens with zero attached hydrogens (tertiary/aromatic N) is 2. The van der Waals surface area contributed by atoms with Gasteiger partial charge in [0.1, 0.15) is 11.6 Å². The number of rotatable bonds is 4. The van der Waals surface area contributed by atoms with Crippen LogP contribution >= 0.6 is 0 Å². The van der Waals surface area contributed by atoms with E-state index in [0.29, 0.717) is 6.04 Å². The Morgan fingerprint density at radius 1 is 0.833 bits per heavy atom.